The van der Waals surface area contributed by atoms with E-state index in [1.54, 1.807) is 12.1 Å². The van der Waals surface area contributed by atoms with Crippen LogP contribution in [0, 0.1) is 0 Å². The average Bonchev–Trinajstić information content (AvgIpc) is 2.26. The van der Waals surface area contributed by atoms with Gasteiger partial charge in [0.2, 0.25) is 10.0 Å². The summed E-state index contributed by atoms with van der Waals surface area (Å²) in [6, 6.07) is 7.44. The van der Waals surface area contributed by atoms with Crippen molar-refractivity contribution < 1.29 is 8.42 Å². The van der Waals surface area contributed by atoms with Gasteiger partial charge in [0, 0.05) is 11.6 Å². The first-order chi connectivity index (χ1) is 7.94. The van der Waals surface area contributed by atoms with E-state index in [0.29, 0.717) is 23.9 Å². The Bertz CT molecular complexity index is 440. The Morgan fingerprint density at radius 3 is 2.29 bits per heavy atom. The number of hydrogen-bond donors (Lipinski definition) is 1. The Balaban J connectivity index is 2.69. The number of alkyl halides is 1. The van der Waals surface area contributed by atoms with E-state index in [1.165, 1.54) is 5.56 Å². The summed E-state index contributed by atoms with van der Waals surface area (Å²) in [5, 5.41) is 0. The summed E-state index contributed by atoms with van der Waals surface area (Å²) in [6.45, 7) is 4.19. The fourth-order valence-corrected chi connectivity index (χ4v) is 2.82. The summed E-state index contributed by atoms with van der Waals surface area (Å²) in [6.07, 6.45) is 0.459. The molecule has 0 aliphatic carbocycles. The van der Waals surface area contributed by atoms with Gasteiger partial charge in [0.25, 0.3) is 0 Å². The molecule has 0 heterocycles. The standard InChI is InChI=1S/C12H18ClNO2S/c1-10(2)11-4-6-12(7-5-11)14-17(15,16)9-3-8-13/h4-7,10,14H,3,8-9H2,1-2H3. The quantitative estimate of drug-likeness (QED) is 0.811. The number of sulfonamides is 1. The maximum atomic E-state index is 11.6. The first-order valence-corrected chi connectivity index (χ1v) is 7.79. The second-order valence-electron chi connectivity index (χ2n) is 4.24. The lowest BCUT2D eigenvalue weighted by Crippen LogP contribution is -2.16. The van der Waals surface area contributed by atoms with Crippen LogP contribution < -0.4 is 4.72 Å². The zero-order chi connectivity index (χ0) is 12.9. The normalized spacial score (nSPS) is 11.8. The zero-order valence-corrected chi connectivity index (χ0v) is 11.7. The number of benzene rings is 1. The van der Waals surface area contributed by atoms with Gasteiger partial charge in [-0.2, -0.15) is 0 Å². The minimum atomic E-state index is -3.26. The van der Waals surface area contributed by atoms with Gasteiger partial charge in [0.05, 0.1) is 5.75 Å². The highest BCUT2D eigenvalue weighted by molar-refractivity contribution is 7.92. The van der Waals surface area contributed by atoms with Crippen LogP contribution in [0.1, 0.15) is 31.7 Å². The van der Waals surface area contributed by atoms with E-state index in [9.17, 15) is 8.42 Å². The first-order valence-electron chi connectivity index (χ1n) is 5.61. The monoisotopic (exact) mass is 275 g/mol. The lowest BCUT2D eigenvalue weighted by Gasteiger charge is -2.09. The van der Waals surface area contributed by atoms with Crippen LogP contribution in [0.15, 0.2) is 24.3 Å². The topological polar surface area (TPSA) is 46.2 Å². The van der Waals surface area contributed by atoms with Gasteiger partial charge in [-0.1, -0.05) is 26.0 Å². The molecule has 17 heavy (non-hydrogen) atoms. The highest BCUT2D eigenvalue weighted by Gasteiger charge is 2.09. The van der Waals surface area contributed by atoms with Crippen LogP contribution in [-0.2, 0) is 10.0 Å². The van der Waals surface area contributed by atoms with Crippen molar-refractivity contribution >= 4 is 27.3 Å². The lowest BCUT2D eigenvalue weighted by molar-refractivity contribution is 0.600. The Hall–Kier alpha value is -0.740. The predicted octanol–water partition coefficient (Wildman–Crippen LogP) is 3.18. The highest BCUT2D eigenvalue weighted by Crippen LogP contribution is 2.18. The third-order valence-corrected chi connectivity index (χ3v) is 4.04. The molecule has 0 aliphatic rings. The van der Waals surface area contributed by atoms with Crippen LogP contribution in [0.3, 0.4) is 0 Å². The maximum absolute atomic E-state index is 11.6. The Morgan fingerprint density at radius 1 is 1.24 bits per heavy atom. The molecule has 0 radical (unpaired) electrons. The smallest absolute Gasteiger partial charge is 0.232 e. The van der Waals surface area contributed by atoms with Crippen LogP contribution in [0.5, 0.6) is 0 Å². The van der Waals surface area contributed by atoms with Crippen LogP contribution in [-0.4, -0.2) is 20.1 Å². The molecule has 0 fully saturated rings. The SMILES string of the molecule is CC(C)c1ccc(NS(=O)(=O)CCCCl)cc1. The Labute approximate surface area is 108 Å². The second kappa shape index (κ2) is 6.26. The molecule has 0 unspecified atom stereocenters. The minimum Gasteiger partial charge on any atom is -0.284 e. The van der Waals surface area contributed by atoms with E-state index < -0.39 is 10.0 Å². The van der Waals surface area contributed by atoms with E-state index in [2.05, 4.69) is 18.6 Å². The summed E-state index contributed by atoms with van der Waals surface area (Å²) in [4.78, 5) is 0. The van der Waals surface area contributed by atoms with Crippen molar-refractivity contribution in [3.8, 4) is 0 Å². The van der Waals surface area contributed by atoms with Crippen molar-refractivity contribution in [3.63, 3.8) is 0 Å². The molecule has 0 atom stereocenters. The number of halogens is 1. The van der Waals surface area contributed by atoms with Gasteiger partial charge in [-0.15, -0.1) is 11.6 Å². The average molecular weight is 276 g/mol. The van der Waals surface area contributed by atoms with Gasteiger partial charge >= 0.3 is 0 Å². The summed E-state index contributed by atoms with van der Waals surface area (Å²) in [5.41, 5.74) is 1.79. The first kappa shape index (κ1) is 14.3. The van der Waals surface area contributed by atoms with Crippen molar-refractivity contribution in [1.82, 2.24) is 0 Å². The molecule has 5 heteroatoms. The van der Waals surface area contributed by atoms with Gasteiger partial charge in [-0.05, 0) is 30.0 Å². The summed E-state index contributed by atoms with van der Waals surface area (Å²) >= 11 is 5.47. The zero-order valence-electron chi connectivity index (χ0n) is 10.1. The number of anilines is 1. The molecule has 1 N–H and O–H groups in total. The van der Waals surface area contributed by atoms with Crippen molar-refractivity contribution in [2.24, 2.45) is 0 Å². The van der Waals surface area contributed by atoms with Crippen LogP contribution in [0.2, 0.25) is 0 Å². The van der Waals surface area contributed by atoms with E-state index in [0.717, 1.165) is 0 Å². The molecule has 0 saturated carbocycles. The number of nitrogens with one attached hydrogen (secondary N) is 1. The van der Waals surface area contributed by atoms with Crippen molar-refractivity contribution in [3.05, 3.63) is 29.8 Å². The largest absolute Gasteiger partial charge is 0.284 e. The Morgan fingerprint density at radius 2 is 1.82 bits per heavy atom. The molecule has 0 saturated heterocycles. The molecule has 1 rings (SSSR count). The molecule has 1 aromatic carbocycles. The molecule has 0 amide bonds. The molecule has 0 aliphatic heterocycles. The maximum Gasteiger partial charge on any atom is 0.232 e. The lowest BCUT2D eigenvalue weighted by atomic mass is 10.0. The fraction of sp³-hybridized carbons (Fsp3) is 0.500. The van der Waals surface area contributed by atoms with E-state index in [-0.39, 0.29) is 5.75 Å². The molecular formula is C12H18ClNO2S. The van der Waals surface area contributed by atoms with Crippen LogP contribution >= 0.6 is 11.6 Å². The van der Waals surface area contributed by atoms with E-state index in [4.69, 9.17) is 11.6 Å². The van der Waals surface area contributed by atoms with E-state index >= 15 is 0 Å². The van der Waals surface area contributed by atoms with Gasteiger partial charge in [-0.3, -0.25) is 4.72 Å². The van der Waals surface area contributed by atoms with Crippen molar-refractivity contribution in [2.75, 3.05) is 16.4 Å². The minimum absolute atomic E-state index is 0.0580. The summed E-state index contributed by atoms with van der Waals surface area (Å²) in [5.74, 6) is 0.854. The van der Waals surface area contributed by atoms with Gasteiger partial charge in [-0.25, -0.2) is 8.42 Å². The molecular weight excluding hydrogens is 258 g/mol. The van der Waals surface area contributed by atoms with Gasteiger partial charge in [0.15, 0.2) is 0 Å². The molecule has 1 aromatic rings. The van der Waals surface area contributed by atoms with Gasteiger partial charge in [0.1, 0.15) is 0 Å². The highest BCUT2D eigenvalue weighted by atomic mass is 35.5. The summed E-state index contributed by atoms with van der Waals surface area (Å²) in [7, 11) is -3.26. The van der Waals surface area contributed by atoms with E-state index in [1.807, 2.05) is 12.1 Å². The molecule has 0 aromatic heterocycles. The molecule has 96 valence electrons. The van der Waals surface area contributed by atoms with Crippen LogP contribution in [0.4, 0.5) is 5.69 Å². The molecule has 0 bridgehead atoms. The number of rotatable bonds is 6. The molecule has 3 nitrogen and oxygen atoms in total. The fourth-order valence-electron chi connectivity index (χ4n) is 1.41. The summed E-state index contributed by atoms with van der Waals surface area (Å²) < 4.78 is 25.7. The molecule has 0 spiro atoms. The van der Waals surface area contributed by atoms with Crippen LogP contribution in [0.25, 0.3) is 0 Å². The predicted molar refractivity (Wildman–Crippen MR) is 73.3 cm³/mol. The van der Waals surface area contributed by atoms with Crippen molar-refractivity contribution in [1.29, 1.82) is 0 Å². The van der Waals surface area contributed by atoms with Gasteiger partial charge < -0.3 is 0 Å². The third kappa shape index (κ3) is 4.96. The second-order valence-corrected chi connectivity index (χ2v) is 6.46. The van der Waals surface area contributed by atoms with Crippen molar-refractivity contribution in [2.45, 2.75) is 26.2 Å². The number of hydrogen-bond acceptors (Lipinski definition) is 2. The third-order valence-electron chi connectivity index (χ3n) is 2.40. The Kier molecular flexibility index (Phi) is 5.28.